The summed E-state index contributed by atoms with van der Waals surface area (Å²) in [5.41, 5.74) is 5.17. The molecular weight excluding hydrogens is 576 g/mol. The van der Waals surface area contributed by atoms with Gasteiger partial charge in [0.15, 0.2) is 5.65 Å². The smallest absolute Gasteiger partial charge is 0.356 e. The van der Waals surface area contributed by atoms with E-state index in [9.17, 15) is 26.3 Å². The molecule has 1 aromatic carbocycles. The zero-order valence-corrected chi connectivity index (χ0v) is 24.4. The van der Waals surface area contributed by atoms with E-state index in [1.165, 1.54) is 35.8 Å². The fourth-order valence-electron chi connectivity index (χ4n) is 5.78. The minimum atomic E-state index is -4.93. The molecule has 2 aromatic heterocycles. The molecule has 0 atom stereocenters. The van der Waals surface area contributed by atoms with Crippen LogP contribution in [-0.2, 0) is 32.5 Å². The van der Waals surface area contributed by atoms with E-state index in [-0.39, 0.29) is 30.7 Å². The molecule has 15 heteroatoms. The number of aromatic nitrogens is 3. The van der Waals surface area contributed by atoms with Crippen molar-refractivity contribution in [2.75, 3.05) is 25.0 Å². The molecule has 3 aromatic rings. The molecule has 0 spiro atoms. The molecule has 1 aliphatic carbocycles. The number of fused-ring (bicyclic) bond motifs is 1. The van der Waals surface area contributed by atoms with Gasteiger partial charge in [0.2, 0.25) is 5.96 Å². The van der Waals surface area contributed by atoms with Crippen LogP contribution in [0.15, 0.2) is 29.3 Å². The normalized spacial score (nSPS) is 17.9. The van der Waals surface area contributed by atoms with Gasteiger partial charge in [-0.2, -0.15) is 31.4 Å². The summed E-state index contributed by atoms with van der Waals surface area (Å²) in [6.45, 7) is 5.45. The highest BCUT2D eigenvalue weighted by molar-refractivity contribution is 5.83. The maximum atomic E-state index is 13.5. The molecule has 2 N–H and O–H groups in total. The largest absolute Gasteiger partial charge is 0.416 e. The summed E-state index contributed by atoms with van der Waals surface area (Å²) in [4.78, 5) is 12.0. The first kappa shape index (κ1) is 30.9. The predicted molar refractivity (Wildman–Crippen MR) is 150 cm³/mol. The van der Waals surface area contributed by atoms with Gasteiger partial charge in [-0.1, -0.05) is 12.8 Å². The molecule has 2 fully saturated rings. The van der Waals surface area contributed by atoms with Gasteiger partial charge in [-0.05, 0) is 62.4 Å². The minimum absolute atomic E-state index is 0.124. The van der Waals surface area contributed by atoms with E-state index in [4.69, 9.17) is 9.98 Å². The quantitative estimate of drug-likeness (QED) is 0.323. The minimum Gasteiger partial charge on any atom is -0.356 e. The molecule has 0 bridgehead atoms. The third-order valence-electron chi connectivity index (χ3n) is 8.00. The summed E-state index contributed by atoms with van der Waals surface area (Å²) in [5, 5.41) is 8.25. The molecule has 1 saturated carbocycles. The summed E-state index contributed by atoms with van der Waals surface area (Å²) < 4.78 is 82.5. The van der Waals surface area contributed by atoms with Gasteiger partial charge in [0, 0.05) is 38.1 Å². The molecular formula is C28H35F6N9. The Morgan fingerprint density at radius 1 is 1.00 bits per heavy atom. The number of aryl methyl sites for hydroxylation is 2. The Labute approximate surface area is 245 Å². The van der Waals surface area contributed by atoms with Crippen molar-refractivity contribution in [3.05, 3.63) is 52.2 Å². The Morgan fingerprint density at radius 3 is 2.26 bits per heavy atom. The Morgan fingerprint density at radius 2 is 1.65 bits per heavy atom. The Balaban J connectivity index is 1.47. The highest BCUT2D eigenvalue weighted by Crippen LogP contribution is 2.37. The van der Waals surface area contributed by atoms with Gasteiger partial charge in [0.05, 0.1) is 29.9 Å². The van der Waals surface area contributed by atoms with Crippen LogP contribution in [0.4, 0.5) is 32.2 Å². The van der Waals surface area contributed by atoms with Gasteiger partial charge in [0.25, 0.3) is 0 Å². The standard InChI is InChI=1S/C28H35F6N9/c1-5-42(15-18-8-6-7-9-18)24-20(12-23-17(2)38-40(3)25(23)36-24)14-35-26-37-39-41(4)43(26)16-19-10-21(27(29,30)31)13-22(11-19)28(32,33)34/h10-13,18,39H,5-9,14-16H2,1-4H3,(H,35,37). The lowest BCUT2D eigenvalue weighted by molar-refractivity contribution is -0.143. The van der Waals surface area contributed by atoms with Crippen LogP contribution in [0.3, 0.4) is 0 Å². The molecule has 2 aliphatic rings. The SMILES string of the molecule is CCN(CC1CCCC1)c1nc2c(cc1CN=C1NNN(C)N1Cc1cc(C(F)(F)F)cc(C(F)(F)F)c1)c(C)nn2C. The average Bonchev–Trinajstić information content (AvgIpc) is 3.65. The zero-order valence-electron chi connectivity index (χ0n) is 24.4. The molecule has 3 heterocycles. The van der Waals surface area contributed by atoms with Gasteiger partial charge >= 0.3 is 12.4 Å². The molecule has 5 rings (SSSR count). The number of aliphatic imine (C=N–C) groups is 1. The van der Waals surface area contributed by atoms with Crippen molar-refractivity contribution < 1.29 is 26.3 Å². The fourth-order valence-corrected chi connectivity index (χ4v) is 5.78. The lowest BCUT2D eigenvalue weighted by atomic mass is 10.0. The molecule has 43 heavy (non-hydrogen) atoms. The second kappa shape index (κ2) is 11.8. The van der Waals surface area contributed by atoms with Crippen molar-refractivity contribution >= 4 is 22.8 Å². The van der Waals surface area contributed by atoms with Crippen molar-refractivity contribution in [3.8, 4) is 0 Å². The fraction of sp³-hybridized carbons (Fsp3) is 0.536. The van der Waals surface area contributed by atoms with E-state index in [1.807, 2.05) is 20.0 Å². The highest BCUT2D eigenvalue weighted by Gasteiger charge is 2.37. The molecule has 0 unspecified atom stereocenters. The van der Waals surface area contributed by atoms with Crippen molar-refractivity contribution in [3.63, 3.8) is 0 Å². The third kappa shape index (κ3) is 6.66. The first-order chi connectivity index (χ1) is 20.2. The number of anilines is 1. The highest BCUT2D eigenvalue weighted by atomic mass is 19.4. The number of hydrogen-bond acceptors (Lipinski definition) is 6. The third-order valence-corrected chi connectivity index (χ3v) is 8.00. The number of benzene rings is 1. The van der Waals surface area contributed by atoms with Crippen LogP contribution in [-0.4, -0.2) is 51.0 Å². The van der Waals surface area contributed by atoms with E-state index < -0.39 is 23.5 Å². The van der Waals surface area contributed by atoms with Gasteiger partial charge < -0.3 is 4.90 Å². The number of rotatable bonds is 8. The Kier molecular flexibility index (Phi) is 8.49. The van der Waals surface area contributed by atoms with Crippen LogP contribution in [0.25, 0.3) is 11.0 Å². The number of pyridine rings is 1. The van der Waals surface area contributed by atoms with E-state index >= 15 is 0 Å². The average molecular weight is 612 g/mol. The second-order valence-corrected chi connectivity index (χ2v) is 11.1. The van der Waals surface area contributed by atoms with E-state index in [2.05, 4.69) is 27.9 Å². The summed E-state index contributed by atoms with van der Waals surface area (Å²) in [7, 11) is 3.42. The summed E-state index contributed by atoms with van der Waals surface area (Å²) in [6, 6.07) is 3.59. The van der Waals surface area contributed by atoms with E-state index in [0.717, 1.165) is 53.3 Å². The van der Waals surface area contributed by atoms with Gasteiger partial charge in [0.1, 0.15) is 5.82 Å². The van der Waals surface area contributed by atoms with Crippen molar-refractivity contribution in [1.82, 2.24) is 35.9 Å². The zero-order chi connectivity index (χ0) is 31.1. The molecule has 9 nitrogen and oxygen atoms in total. The Bertz CT molecular complexity index is 1460. The number of nitrogens with zero attached hydrogens (tertiary/aromatic N) is 7. The van der Waals surface area contributed by atoms with Gasteiger partial charge in [-0.3, -0.25) is 15.1 Å². The topological polar surface area (TPSA) is 76.9 Å². The van der Waals surface area contributed by atoms with Gasteiger partial charge in [-0.25, -0.2) is 9.98 Å². The van der Waals surface area contributed by atoms with Crippen molar-refractivity contribution in [2.24, 2.45) is 18.0 Å². The number of guanidine groups is 1. The maximum Gasteiger partial charge on any atom is 0.416 e. The number of halogens is 6. The Hall–Kier alpha value is -3.59. The molecule has 234 valence electrons. The molecule has 1 saturated heterocycles. The van der Waals surface area contributed by atoms with Crippen molar-refractivity contribution in [2.45, 2.75) is 65.0 Å². The van der Waals surface area contributed by atoms with Crippen LogP contribution in [0.5, 0.6) is 0 Å². The second-order valence-electron chi connectivity index (χ2n) is 11.1. The summed E-state index contributed by atoms with van der Waals surface area (Å²) in [6.07, 6.45) is -5.09. The van der Waals surface area contributed by atoms with E-state index in [1.54, 1.807) is 11.7 Å². The number of hydrogen-bond donors (Lipinski definition) is 2. The molecule has 1 aliphatic heterocycles. The van der Waals surface area contributed by atoms with Crippen LogP contribution in [0, 0.1) is 12.8 Å². The number of alkyl halides is 6. The summed E-state index contributed by atoms with van der Waals surface area (Å²) in [5.74, 6) is 1.60. The first-order valence-corrected chi connectivity index (χ1v) is 14.2. The number of nitrogens with one attached hydrogen (secondary N) is 2. The number of hydrazine groups is 3. The van der Waals surface area contributed by atoms with Crippen molar-refractivity contribution in [1.29, 1.82) is 0 Å². The summed E-state index contributed by atoms with van der Waals surface area (Å²) >= 11 is 0. The maximum absolute atomic E-state index is 13.5. The molecule has 0 amide bonds. The molecule has 0 radical (unpaired) electrons. The van der Waals surface area contributed by atoms with Crippen LogP contribution in [0.1, 0.15) is 60.6 Å². The lowest BCUT2D eigenvalue weighted by Crippen LogP contribution is -2.39. The lowest BCUT2D eigenvalue weighted by Gasteiger charge is -2.27. The first-order valence-electron chi connectivity index (χ1n) is 14.2. The van der Waals surface area contributed by atoms with Crippen LogP contribution in [0.2, 0.25) is 0 Å². The monoisotopic (exact) mass is 611 g/mol. The van der Waals surface area contributed by atoms with Gasteiger partial charge in [-0.15, -0.1) is 10.7 Å². The predicted octanol–water partition coefficient (Wildman–Crippen LogP) is 5.56. The van der Waals surface area contributed by atoms with Crippen LogP contribution < -0.4 is 15.9 Å². The van der Waals surface area contributed by atoms with Crippen LogP contribution >= 0.6 is 0 Å². The van der Waals surface area contributed by atoms with E-state index in [0.29, 0.717) is 5.92 Å².